The van der Waals surface area contributed by atoms with E-state index in [9.17, 15) is 19.7 Å². The number of amides is 2. The minimum Gasteiger partial charge on any atom is -0.324 e. The van der Waals surface area contributed by atoms with Gasteiger partial charge in [0.1, 0.15) is 0 Å². The Balaban J connectivity index is 1.79. The number of nitro benzene ring substituents is 1. The molecule has 1 aromatic heterocycles. The fourth-order valence-electron chi connectivity index (χ4n) is 2.63. The zero-order valence-corrected chi connectivity index (χ0v) is 16.4. The maximum Gasteiger partial charge on any atom is 0.271 e. The SMILES string of the molecule is O=C(CC(C(=O)Nc1ccc([N+](=O)[O-])cc1Cl)c1ccccc1)Nc1nccs1. The number of nitrogens with one attached hydrogen (secondary N) is 2. The van der Waals surface area contributed by atoms with Crippen molar-refractivity contribution in [1.29, 1.82) is 0 Å². The molecule has 2 amide bonds. The van der Waals surface area contributed by atoms with E-state index in [-0.39, 0.29) is 28.7 Å². The molecule has 3 rings (SSSR count). The number of anilines is 2. The minimum absolute atomic E-state index is 0.0339. The van der Waals surface area contributed by atoms with E-state index < -0.39 is 16.7 Å². The average Bonchev–Trinajstić information content (AvgIpc) is 3.21. The zero-order chi connectivity index (χ0) is 20.8. The summed E-state index contributed by atoms with van der Waals surface area (Å²) in [5, 5.41) is 18.4. The number of halogens is 1. The minimum atomic E-state index is -0.789. The maximum atomic E-state index is 12.9. The van der Waals surface area contributed by atoms with Gasteiger partial charge in [-0.25, -0.2) is 4.98 Å². The number of nitrogens with zero attached hydrogens (tertiary/aromatic N) is 2. The molecule has 3 aromatic rings. The first-order valence-corrected chi connectivity index (χ1v) is 9.69. The van der Waals surface area contributed by atoms with Gasteiger partial charge in [0, 0.05) is 30.1 Å². The Morgan fingerprint density at radius 3 is 2.55 bits per heavy atom. The molecule has 0 fully saturated rings. The third kappa shape index (κ3) is 5.37. The van der Waals surface area contributed by atoms with Crippen molar-refractivity contribution in [3.8, 4) is 0 Å². The summed E-state index contributed by atoms with van der Waals surface area (Å²) in [4.78, 5) is 39.6. The number of hydrogen-bond acceptors (Lipinski definition) is 6. The third-order valence-corrected chi connectivity index (χ3v) is 5.01. The van der Waals surface area contributed by atoms with E-state index in [4.69, 9.17) is 11.6 Å². The molecule has 1 atom stereocenters. The summed E-state index contributed by atoms with van der Waals surface area (Å²) in [7, 11) is 0. The molecule has 0 bridgehead atoms. The summed E-state index contributed by atoms with van der Waals surface area (Å²) >= 11 is 7.34. The smallest absolute Gasteiger partial charge is 0.271 e. The molecular formula is C19H15ClN4O4S. The molecule has 0 aliphatic heterocycles. The second kappa shape index (κ2) is 9.26. The van der Waals surface area contributed by atoms with Crippen LogP contribution in [0.4, 0.5) is 16.5 Å². The van der Waals surface area contributed by atoms with Gasteiger partial charge in [-0.15, -0.1) is 11.3 Å². The van der Waals surface area contributed by atoms with E-state index in [1.807, 2.05) is 0 Å². The summed E-state index contributed by atoms with van der Waals surface area (Å²) in [5.41, 5.74) is 0.691. The van der Waals surface area contributed by atoms with Crippen LogP contribution in [-0.4, -0.2) is 21.7 Å². The van der Waals surface area contributed by atoms with E-state index in [0.29, 0.717) is 10.7 Å². The second-order valence-corrected chi connectivity index (χ2v) is 7.27. The Morgan fingerprint density at radius 1 is 1.17 bits per heavy atom. The molecule has 29 heavy (non-hydrogen) atoms. The van der Waals surface area contributed by atoms with Crippen LogP contribution in [0.3, 0.4) is 0 Å². The molecule has 0 radical (unpaired) electrons. The first-order valence-electron chi connectivity index (χ1n) is 8.43. The summed E-state index contributed by atoms with van der Waals surface area (Å²) in [5.74, 6) is -1.61. The van der Waals surface area contributed by atoms with Crippen molar-refractivity contribution in [2.24, 2.45) is 0 Å². The maximum absolute atomic E-state index is 12.9. The third-order valence-electron chi connectivity index (χ3n) is 4.01. The van der Waals surface area contributed by atoms with Gasteiger partial charge in [-0.3, -0.25) is 19.7 Å². The topological polar surface area (TPSA) is 114 Å². The van der Waals surface area contributed by atoms with Gasteiger partial charge in [-0.1, -0.05) is 41.9 Å². The van der Waals surface area contributed by atoms with Crippen LogP contribution in [0.25, 0.3) is 0 Å². The van der Waals surface area contributed by atoms with Crippen molar-refractivity contribution in [1.82, 2.24) is 4.98 Å². The van der Waals surface area contributed by atoms with E-state index in [0.717, 1.165) is 6.07 Å². The molecule has 0 saturated carbocycles. The number of carbonyl (C=O) groups excluding carboxylic acids is 2. The summed E-state index contributed by atoms with van der Waals surface area (Å²) in [6.07, 6.45) is 1.46. The molecule has 0 saturated heterocycles. The molecule has 0 aliphatic carbocycles. The zero-order valence-electron chi connectivity index (χ0n) is 14.9. The number of rotatable bonds is 7. The first-order chi connectivity index (χ1) is 13.9. The molecule has 0 aliphatic rings. The highest BCUT2D eigenvalue weighted by Crippen LogP contribution is 2.29. The lowest BCUT2D eigenvalue weighted by Gasteiger charge is -2.17. The van der Waals surface area contributed by atoms with Crippen molar-refractivity contribution in [2.75, 3.05) is 10.6 Å². The molecule has 2 aromatic carbocycles. The Morgan fingerprint density at radius 2 is 1.93 bits per heavy atom. The van der Waals surface area contributed by atoms with Crippen LogP contribution in [0.1, 0.15) is 17.9 Å². The van der Waals surface area contributed by atoms with Crippen LogP contribution in [0.2, 0.25) is 5.02 Å². The molecule has 1 unspecified atom stereocenters. The van der Waals surface area contributed by atoms with E-state index >= 15 is 0 Å². The van der Waals surface area contributed by atoms with Gasteiger partial charge in [0.15, 0.2) is 5.13 Å². The average molecular weight is 431 g/mol. The van der Waals surface area contributed by atoms with E-state index in [1.54, 1.807) is 41.9 Å². The number of nitro groups is 1. The Kier molecular flexibility index (Phi) is 6.53. The van der Waals surface area contributed by atoms with Crippen molar-refractivity contribution < 1.29 is 14.5 Å². The van der Waals surface area contributed by atoms with Crippen LogP contribution < -0.4 is 10.6 Å². The van der Waals surface area contributed by atoms with Crippen LogP contribution in [0, 0.1) is 10.1 Å². The quantitative estimate of drug-likeness (QED) is 0.424. The van der Waals surface area contributed by atoms with Gasteiger partial charge in [0.05, 0.1) is 21.6 Å². The van der Waals surface area contributed by atoms with Gasteiger partial charge < -0.3 is 10.6 Å². The highest BCUT2D eigenvalue weighted by atomic mass is 35.5. The first kappa shape index (κ1) is 20.4. The highest BCUT2D eigenvalue weighted by molar-refractivity contribution is 7.13. The molecule has 0 spiro atoms. The molecule has 2 N–H and O–H groups in total. The lowest BCUT2D eigenvalue weighted by Crippen LogP contribution is -2.26. The highest BCUT2D eigenvalue weighted by Gasteiger charge is 2.25. The summed E-state index contributed by atoms with van der Waals surface area (Å²) in [6.45, 7) is 0. The lowest BCUT2D eigenvalue weighted by atomic mass is 9.94. The van der Waals surface area contributed by atoms with Crippen molar-refractivity contribution in [2.45, 2.75) is 12.3 Å². The number of aromatic nitrogens is 1. The van der Waals surface area contributed by atoms with Crippen LogP contribution >= 0.6 is 22.9 Å². The van der Waals surface area contributed by atoms with Gasteiger partial charge in [-0.05, 0) is 11.6 Å². The molecule has 8 nitrogen and oxygen atoms in total. The largest absolute Gasteiger partial charge is 0.324 e. The number of non-ortho nitro benzene ring substituents is 1. The van der Waals surface area contributed by atoms with Crippen molar-refractivity contribution in [3.63, 3.8) is 0 Å². The van der Waals surface area contributed by atoms with Crippen LogP contribution in [0.5, 0.6) is 0 Å². The predicted molar refractivity (Wildman–Crippen MR) is 111 cm³/mol. The van der Waals surface area contributed by atoms with Crippen LogP contribution in [0.15, 0.2) is 60.1 Å². The van der Waals surface area contributed by atoms with Crippen molar-refractivity contribution in [3.05, 3.63) is 80.8 Å². The summed E-state index contributed by atoms with van der Waals surface area (Å²) in [6, 6.07) is 12.6. The van der Waals surface area contributed by atoms with Gasteiger partial charge in [0.2, 0.25) is 11.8 Å². The Hall–Kier alpha value is -3.30. The van der Waals surface area contributed by atoms with Gasteiger partial charge in [-0.2, -0.15) is 0 Å². The summed E-state index contributed by atoms with van der Waals surface area (Å²) < 4.78 is 0. The normalized spacial score (nSPS) is 11.5. The molecular weight excluding hydrogens is 416 g/mol. The fraction of sp³-hybridized carbons (Fsp3) is 0.105. The molecule has 1 heterocycles. The number of benzene rings is 2. The lowest BCUT2D eigenvalue weighted by molar-refractivity contribution is -0.384. The predicted octanol–water partition coefficient (Wildman–Crippen LogP) is 4.46. The number of thiazole rings is 1. The molecule has 10 heteroatoms. The fourth-order valence-corrected chi connectivity index (χ4v) is 3.39. The van der Waals surface area contributed by atoms with Gasteiger partial charge in [0.25, 0.3) is 5.69 Å². The standard InChI is InChI=1S/C19H15ClN4O4S/c20-15-10-13(24(27)28)6-7-16(15)22-18(26)14(12-4-2-1-3-5-12)11-17(25)23-19-21-8-9-29-19/h1-10,14H,11H2,(H,22,26)(H,21,23,25). The van der Waals surface area contributed by atoms with Crippen LogP contribution in [-0.2, 0) is 9.59 Å². The Labute approximate surface area is 174 Å². The Bertz CT molecular complexity index is 1030. The van der Waals surface area contributed by atoms with E-state index in [2.05, 4.69) is 15.6 Å². The molecule has 148 valence electrons. The van der Waals surface area contributed by atoms with Gasteiger partial charge >= 0.3 is 0 Å². The second-order valence-electron chi connectivity index (χ2n) is 5.96. The number of carbonyl (C=O) groups is 2. The van der Waals surface area contributed by atoms with E-state index in [1.165, 1.54) is 23.5 Å². The monoisotopic (exact) mass is 430 g/mol. The van der Waals surface area contributed by atoms with Crippen molar-refractivity contribution >= 4 is 51.3 Å². The number of hydrogen-bond donors (Lipinski definition) is 2.